The number of benzene rings is 2. The Morgan fingerprint density at radius 2 is 2.04 bits per heavy atom. The van der Waals surface area contributed by atoms with Crippen molar-refractivity contribution in [2.24, 2.45) is 0 Å². The first-order chi connectivity index (χ1) is 12.1. The predicted octanol–water partition coefficient (Wildman–Crippen LogP) is 4.94. The maximum Gasteiger partial charge on any atom is 0.234 e. The Kier molecular flexibility index (Phi) is 5.46. The summed E-state index contributed by atoms with van der Waals surface area (Å²) in [4.78, 5) is 16.8. The Morgan fingerprint density at radius 1 is 1.24 bits per heavy atom. The smallest absolute Gasteiger partial charge is 0.234 e. The monoisotopic (exact) mass is 372 g/mol. The van der Waals surface area contributed by atoms with Gasteiger partial charge in [0, 0.05) is 11.1 Å². The number of thioether (sulfide) groups is 1. The van der Waals surface area contributed by atoms with Gasteiger partial charge < -0.3 is 10.1 Å². The molecule has 1 heterocycles. The highest BCUT2D eigenvalue weighted by atomic mass is 35.5. The second-order valence-electron chi connectivity index (χ2n) is 5.48. The quantitative estimate of drug-likeness (QED) is 0.645. The average molecular weight is 373 g/mol. The fraction of sp³-hybridized carbons (Fsp3) is 0.158. The summed E-state index contributed by atoms with van der Waals surface area (Å²) >= 11 is 7.48. The number of rotatable bonds is 5. The van der Waals surface area contributed by atoms with Crippen LogP contribution < -0.4 is 10.1 Å². The van der Waals surface area contributed by atoms with Crippen molar-refractivity contribution in [3.05, 3.63) is 59.1 Å². The molecule has 0 atom stereocenters. The predicted molar refractivity (Wildman–Crippen MR) is 104 cm³/mol. The number of para-hydroxylation sites is 1. The maximum atomic E-state index is 12.2. The van der Waals surface area contributed by atoms with Gasteiger partial charge in [0.1, 0.15) is 5.75 Å². The molecule has 0 spiro atoms. The van der Waals surface area contributed by atoms with Crippen LogP contribution in [0.1, 0.15) is 5.56 Å². The molecular weight excluding hydrogens is 356 g/mol. The van der Waals surface area contributed by atoms with Crippen LogP contribution in [0.5, 0.6) is 5.75 Å². The summed E-state index contributed by atoms with van der Waals surface area (Å²) < 4.78 is 5.10. The Labute approximate surface area is 155 Å². The molecule has 2 aromatic carbocycles. The molecule has 0 saturated carbocycles. The maximum absolute atomic E-state index is 12.2. The number of pyridine rings is 1. The first-order valence-corrected chi connectivity index (χ1v) is 9.06. The van der Waals surface area contributed by atoms with Crippen molar-refractivity contribution < 1.29 is 9.53 Å². The molecular formula is C19H17ClN2O2S. The molecule has 0 radical (unpaired) electrons. The van der Waals surface area contributed by atoms with E-state index >= 15 is 0 Å². The zero-order chi connectivity index (χ0) is 17.8. The van der Waals surface area contributed by atoms with Crippen molar-refractivity contribution in [2.45, 2.75) is 11.9 Å². The molecule has 0 saturated heterocycles. The summed E-state index contributed by atoms with van der Waals surface area (Å²) in [7, 11) is 1.55. The summed E-state index contributed by atoms with van der Waals surface area (Å²) in [6.45, 7) is 2.05. The van der Waals surface area contributed by atoms with E-state index in [0.717, 1.165) is 21.5 Å². The van der Waals surface area contributed by atoms with E-state index in [0.29, 0.717) is 16.5 Å². The first-order valence-electron chi connectivity index (χ1n) is 7.69. The third kappa shape index (κ3) is 4.24. The molecule has 0 unspecified atom stereocenters. The van der Waals surface area contributed by atoms with Gasteiger partial charge in [0.2, 0.25) is 5.91 Å². The van der Waals surface area contributed by atoms with Crippen LogP contribution in [0.4, 0.5) is 5.69 Å². The highest BCUT2D eigenvalue weighted by molar-refractivity contribution is 7.99. The number of hydrogen-bond acceptors (Lipinski definition) is 4. The number of nitrogens with zero attached hydrogens (tertiary/aromatic N) is 1. The molecule has 6 heteroatoms. The van der Waals surface area contributed by atoms with Crippen molar-refractivity contribution in [2.75, 3.05) is 18.2 Å². The topological polar surface area (TPSA) is 51.2 Å². The molecule has 3 aromatic rings. The van der Waals surface area contributed by atoms with Gasteiger partial charge in [-0.3, -0.25) is 4.79 Å². The Bertz CT molecular complexity index is 930. The Hall–Kier alpha value is -2.24. The highest BCUT2D eigenvalue weighted by Gasteiger charge is 2.08. The van der Waals surface area contributed by atoms with Gasteiger partial charge in [-0.25, -0.2) is 4.98 Å². The number of aryl methyl sites for hydroxylation is 1. The molecule has 3 rings (SSSR count). The number of anilines is 1. The number of fused-ring (bicyclic) bond motifs is 1. The number of amides is 1. The second kappa shape index (κ2) is 7.76. The third-order valence-electron chi connectivity index (χ3n) is 3.69. The highest BCUT2D eigenvalue weighted by Crippen LogP contribution is 2.28. The number of hydrogen-bond donors (Lipinski definition) is 1. The molecule has 4 nitrogen and oxygen atoms in total. The molecule has 0 bridgehead atoms. The van der Waals surface area contributed by atoms with Crippen LogP contribution in [0.15, 0.2) is 53.6 Å². The van der Waals surface area contributed by atoms with Gasteiger partial charge in [-0.2, -0.15) is 0 Å². The van der Waals surface area contributed by atoms with E-state index in [1.54, 1.807) is 25.3 Å². The Morgan fingerprint density at radius 3 is 2.80 bits per heavy atom. The van der Waals surface area contributed by atoms with Gasteiger partial charge in [-0.1, -0.05) is 41.6 Å². The van der Waals surface area contributed by atoms with E-state index < -0.39 is 0 Å². The number of aromatic nitrogens is 1. The van der Waals surface area contributed by atoms with Crippen LogP contribution in [0.2, 0.25) is 5.02 Å². The summed E-state index contributed by atoms with van der Waals surface area (Å²) in [5.41, 5.74) is 2.72. The van der Waals surface area contributed by atoms with Crippen LogP contribution in [-0.4, -0.2) is 23.8 Å². The minimum absolute atomic E-state index is 0.112. The molecule has 1 aromatic heterocycles. The lowest BCUT2D eigenvalue weighted by molar-refractivity contribution is -0.113. The molecule has 0 fully saturated rings. The van der Waals surface area contributed by atoms with E-state index in [4.69, 9.17) is 16.3 Å². The lowest BCUT2D eigenvalue weighted by Crippen LogP contribution is -2.14. The van der Waals surface area contributed by atoms with Gasteiger partial charge in [0.05, 0.1) is 28.4 Å². The van der Waals surface area contributed by atoms with Gasteiger partial charge in [0.25, 0.3) is 0 Å². The average Bonchev–Trinajstić information content (AvgIpc) is 2.60. The van der Waals surface area contributed by atoms with Crippen molar-refractivity contribution in [3.63, 3.8) is 0 Å². The van der Waals surface area contributed by atoms with Crippen molar-refractivity contribution in [1.29, 1.82) is 0 Å². The van der Waals surface area contributed by atoms with Gasteiger partial charge in [-0.15, -0.1) is 0 Å². The van der Waals surface area contributed by atoms with Crippen LogP contribution in [0.25, 0.3) is 10.9 Å². The van der Waals surface area contributed by atoms with E-state index in [1.165, 1.54) is 11.8 Å². The summed E-state index contributed by atoms with van der Waals surface area (Å²) in [6.07, 6.45) is 0. The summed E-state index contributed by atoms with van der Waals surface area (Å²) in [6, 6.07) is 15.1. The minimum Gasteiger partial charge on any atom is -0.495 e. The number of nitrogens with one attached hydrogen (secondary N) is 1. The number of carbonyl (C=O) groups is 1. The number of halogens is 1. The van der Waals surface area contributed by atoms with Crippen LogP contribution >= 0.6 is 23.4 Å². The Balaban J connectivity index is 1.65. The summed E-state index contributed by atoms with van der Waals surface area (Å²) in [5.74, 6) is 0.734. The van der Waals surface area contributed by atoms with Gasteiger partial charge in [-0.05, 0) is 42.8 Å². The van der Waals surface area contributed by atoms with E-state index in [1.807, 2.05) is 37.3 Å². The SMILES string of the molecule is COc1ccc(NC(=O)CSc2cc(C)c3ccccc3n2)cc1Cl. The number of methoxy groups -OCH3 is 1. The zero-order valence-corrected chi connectivity index (χ0v) is 15.4. The van der Waals surface area contributed by atoms with Crippen molar-refractivity contribution in [3.8, 4) is 5.75 Å². The fourth-order valence-electron chi connectivity index (χ4n) is 2.47. The molecule has 128 valence electrons. The van der Waals surface area contributed by atoms with Crippen molar-refractivity contribution >= 4 is 45.9 Å². The van der Waals surface area contributed by atoms with Crippen LogP contribution in [-0.2, 0) is 4.79 Å². The van der Waals surface area contributed by atoms with Crippen molar-refractivity contribution in [1.82, 2.24) is 4.98 Å². The third-order valence-corrected chi connectivity index (χ3v) is 4.89. The molecule has 1 N–H and O–H groups in total. The van der Waals surface area contributed by atoms with Gasteiger partial charge >= 0.3 is 0 Å². The zero-order valence-electron chi connectivity index (χ0n) is 13.9. The molecule has 25 heavy (non-hydrogen) atoms. The largest absolute Gasteiger partial charge is 0.495 e. The standard InChI is InChI=1S/C19H17ClN2O2S/c1-12-9-19(22-16-6-4-3-5-14(12)16)25-11-18(23)21-13-7-8-17(24-2)15(20)10-13/h3-10H,11H2,1-2H3,(H,21,23). The molecule has 0 aliphatic heterocycles. The van der Waals surface area contributed by atoms with E-state index in [9.17, 15) is 4.79 Å². The minimum atomic E-state index is -0.112. The lowest BCUT2D eigenvalue weighted by Gasteiger charge is -2.09. The molecule has 0 aliphatic rings. The number of ether oxygens (including phenoxy) is 1. The molecule has 0 aliphatic carbocycles. The first kappa shape index (κ1) is 17.6. The van der Waals surface area contributed by atoms with E-state index in [-0.39, 0.29) is 11.7 Å². The second-order valence-corrected chi connectivity index (χ2v) is 6.88. The normalized spacial score (nSPS) is 10.7. The lowest BCUT2D eigenvalue weighted by atomic mass is 10.1. The molecule has 1 amide bonds. The fourth-order valence-corrected chi connectivity index (χ4v) is 3.51. The van der Waals surface area contributed by atoms with Crippen LogP contribution in [0.3, 0.4) is 0 Å². The summed E-state index contributed by atoms with van der Waals surface area (Å²) in [5, 5.41) is 5.25. The van der Waals surface area contributed by atoms with Gasteiger partial charge in [0.15, 0.2) is 0 Å². The number of carbonyl (C=O) groups excluding carboxylic acids is 1. The van der Waals surface area contributed by atoms with Crippen LogP contribution in [0, 0.1) is 6.92 Å². The van der Waals surface area contributed by atoms with E-state index in [2.05, 4.69) is 10.3 Å².